The molecule has 0 amide bonds. The predicted molar refractivity (Wildman–Crippen MR) is 91.3 cm³/mol. The fraction of sp³-hybridized carbons (Fsp3) is 0. The van der Waals surface area contributed by atoms with E-state index in [-0.39, 0.29) is 5.78 Å². The zero-order chi connectivity index (χ0) is 14.9. The van der Waals surface area contributed by atoms with Gasteiger partial charge in [0.1, 0.15) is 0 Å². The molecule has 4 aromatic carbocycles. The van der Waals surface area contributed by atoms with E-state index < -0.39 is 0 Å². The van der Waals surface area contributed by atoms with E-state index in [0.29, 0.717) is 0 Å². The van der Waals surface area contributed by atoms with E-state index in [1.807, 2.05) is 84.9 Å². The lowest BCUT2D eigenvalue weighted by Gasteiger charge is -2.08. The highest BCUT2D eigenvalue weighted by Gasteiger charge is 2.14. The fourth-order valence-electron chi connectivity index (χ4n) is 2.99. The summed E-state index contributed by atoms with van der Waals surface area (Å²) in [5, 5.41) is 4.19. The average Bonchev–Trinajstić information content (AvgIpc) is 2.60. The number of benzene rings is 4. The van der Waals surface area contributed by atoms with E-state index in [4.69, 9.17) is 0 Å². The smallest absolute Gasteiger partial charge is 0.194 e. The Balaban J connectivity index is 1.97. The summed E-state index contributed by atoms with van der Waals surface area (Å²) in [6, 6.07) is 27.8. The van der Waals surface area contributed by atoms with Crippen molar-refractivity contribution in [1.82, 2.24) is 0 Å². The Kier molecular flexibility index (Phi) is 2.97. The number of carbonyl (C=O) groups excluding carboxylic acids is 1. The molecule has 4 rings (SSSR count). The lowest BCUT2D eigenvalue weighted by atomic mass is 9.94. The van der Waals surface area contributed by atoms with Gasteiger partial charge in [0.2, 0.25) is 0 Å². The van der Waals surface area contributed by atoms with Crippen molar-refractivity contribution in [2.24, 2.45) is 0 Å². The summed E-state index contributed by atoms with van der Waals surface area (Å²) < 4.78 is 0. The Hall–Kier alpha value is -2.93. The molecule has 0 N–H and O–H groups in total. The van der Waals surface area contributed by atoms with Crippen LogP contribution in [0.2, 0.25) is 0 Å². The minimum absolute atomic E-state index is 0.0774. The van der Waals surface area contributed by atoms with E-state index in [2.05, 4.69) is 0 Å². The van der Waals surface area contributed by atoms with Crippen LogP contribution in [0.1, 0.15) is 15.9 Å². The maximum atomic E-state index is 13.1. The molecule has 0 saturated carbocycles. The van der Waals surface area contributed by atoms with Gasteiger partial charge in [-0.1, -0.05) is 84.9 Å². The first kappa shape index (κ1) is 12.8. The number of hydrogen-bond acceptors (Lipinski definition) is 1. The van der Waals surface area contributed by atoms with Crippen LogP contribution in [0.15, 0.2) is 84.9 Å². The standard InChI is InChI=1S/C21H14O/c22-21(19-13-5-9-15-7-1-3-11-17(15)19)20-14-6-10-16-8-2-4-12-18(16)20/h1-14H. The molecule has 0 aromatic heterocycles. The van der Waals surface area contributed by atoms with Gasteiger partial charge in [0.25, 0.3) is 0 Å². The van der Waals surface area contributed by atoms with Crippen molar-refractivity contribution < 1.29 is 4.79 Å². The SMILES string of the molecule is O=C(c1cccc2ccccc12)c1cccc2ccccc12. The zero-order valence-electron chi connectivity index (χ0n) is 12.0. The number of rotatable bonds is 2. The van der Waals surface area contributed by atoms with Crippen LogP contribution < -0.4 is 0 Å². The summed E-state index contributed by atoms with van der Waals surface area (Å²) in [5.74, 6) is 0.0774. The van der Waals surface area contributed by atoms with Gasteiger partial charge in [0.05, 0.1) is 0 Å². The summed E-state index contributed by atoms with van der Waals surface area (Å²) in [7, 11) is 0. The van der Waals surface area contributed by atoms with Gasteiger partial charge in [-0.25, -0.2) is 0 Å². The molecule has 0 unspecified atom stereocenters. The second-order valence-electron chi connectivity index (χ2n) is 5.38. The average molecular weight is 282 g/mol. The maximum Gasteiger partial charge on any atom is 0.194 e. The Morgan fingerprint density at radius 1 is 0.500 bits per heavy atom. The Bertz CT molecular complexity index is 907. The van der Waals surface area contributed by atoms with E-state index >= 15 is 0 Å². The molecule has 0 aliphatic carbocycles. The molecule has 0 aliphatic rings. The molecule has 1 nitrogen and oxygen atoms in total. The van der Waals surface area contributed by atoms with Crippen LogP contribution >= 0.6 is 0 Å². The highest BCUT2D eigenvalue weighted by atomic mass is 16.1. The first-order chi connectivity index (χ1) is 10.8. The molecule has 4 aromatic rings. The molecule has 1 heteroatoms. The monoisotopic (exact) mass is 282 g/mol. The van der Waals surface area contributed by atoms with Crippen molar-refractivity contribution in [2.75, 3.05) is 0 Å². The van der Waals surface area contributed by atoms with Gasteiger partial charge < -0.3 is 0 Å². The molecule has 0 bridgehead atoms. The first-order valence-corrected chi connectivity index (χ1v) is 7.35. The van der Waals surface area contributed by atoms with Gasteiger partial charge in [-0.15, -0.1) is 0 Å². The molecular weight excluding hydrogens is 268 g/mol. The van der Waals surface area contributed by atoms with Crippen molar-refractivity contribution in [3.8, 4) is 0 Å². The second-order valence-corrected chi connectivity index (χ2v) is 5.38. The fourth-order valence-corrected chi connectivity index (χ4v) is 2.99. The van der Waals surface area contributed by atoms with Gasteiger partial charge in [-0.3, -0.25) is 4.79 Å². The lowest BCUT2D eigenvalue weighted by molar-refractivity contribution is 0.104. The van der Waals surface area contributed by atoms with Gasteiger partial charge in [-0.2, -0.15) is 0 Å². The van der Waals surface area contributed by atoms with Crippen LogP contribution in [-0.2, 0) is 0 Å². The molecule has 0 spiro atoms. The topological polar surface area (TPSA) is 17.1 Å². The molecular formula is C21H14O. The lowest BCUT2D eigenvalue weighted by Crippen LogP contribution is -2.03. The molecule has 0 fully saturated rings. The third-order valence-electron chi connectivity index (χ3n) is 4.07. The maximum absolute atomic E-state index is 13.1. The predicted octanol–water partition coefficient (Wildman–Crippen LogP) is 5.22. The van der Waals surface area contributed by atoms with Crippen LogP contribution in [-0.4, -0.2) is 5.78 Å². The van der Waals surface area contributed by atoms with Crippen molar-refractivity contribution >= 4 is 27.3 Å². The van der Waals surface area contributed by atoms with Crippen molar-refractivity contribution in [3.63, 3.8) is 0 Å². The third-order valence-corrected chi connectivity index (χ3v) is 4.07. The van der Waals surface area contributed by atoms with Crippen LogP contribution in [0.4, 0.5) is 0 Å². The second kappa shape index (κ2) is 5.12. The molecule has 104 valence electrons. The quantitative estimate of drug-likeness (QED) is 0.460. The van der Waals surface area contributed by atoms with Crippen LogP contribution in [0.25, 0.3) is 21.5 Å². The van der Waals surface area contributed by atoms with Crippen molar-refractivity contribution in [1.29, 1.82) is 0 Å². The van der Waals surface area contributed by atoms with Crippen LogP contribution in [0.5, 0.6) is 0 Å². The summed E-state index contributed by atoms with van der Waals surface area (Å²) >= 11 is 0. The molecule has 0 heterocycles. The van der Waals surface area contributed by atoms with E-state index in [1.54, 1.807) is 0 Å². The Morgan fingerprint density at radius 3 is 1.41 bits per heavy atom. The van der Waals surface area contributed by atoms with E-state index in [9.17, 15) is 4.79 Å². The van der Waals surface area contributed by atoms with Gasteiger partial charge >= 0.3 is 0 Å². The highest BCUT2D eigenvalue weighted by molar-refractivity contribution is 6.21. The van der Waals surface area contributed by atoms with Gasteiger partial charge in [0, 0.05) is 11.1 Å². The zero-order valence-corrected chi connectivity index (χ0v) is 12.0. The minimum atomic E-state index is 0.0774. The summed E-state index contributed by atoms with van der Waals surface area (Å²) in [5.41, 5.74) is 1.52. The van der Waals surface area contributed by atoms with E-state index in [0.717, 1.165) is 32.7 Å². The Labute approximate surface area is 128 Å². The molecule has 22 heavy (non-hydrogen) atoms. The molecule has 0 saturated heterocycles. The number of ketones is 1. The van der Waals surface area contributed by atoms with Crippen LogP contribution in [0, 0.1) is 0 Å². The number of hydrogen-bond donors (Lipinski definition) is 0. The number of fused-ring (bicyclic) bond motifs is 2. The van der Waals surface area contributed by atoms with Gasteiger partial charge in [0.15, 0.2) is 5.78 Å². The van der Waals surface area contributed by atoms with E-state index in [1.165, 1.54) is 0 Å². The summed E-state index contributed by atoms with van der Waals surface area (Å²) in [6.07, 6.45) is 0. The van der Waals surface area contributed by atoms with Crippen LogP contribution in [0.3, 0.4) is 0 Å². The summed E-state index contributed by atoms with van der Waals surface area (Å²) in [6.45, 7) is 0. The first-order valence-electron chi connectivity index (χ1n) is 7.35. The van der Waals surface area contributed by atoms with Crippen molar-refractivity contribution in [2.45, 2.75) is 0 Å². The molecule has 0 atom stereocenters. The summed E-state index contributed by atoms with van der Waals surface area (Å²) in [4.78, 5) is 13.1. The highest BCUT2D eigenvalue weighted by Crippen LogP contribution is 2.25. The minimum Gasteiger partial charge on any atom is -0.289 e. The largest absolute Gasteiger partial charge is 0.289 e. The molecule has 0 radical (unpaired) electrons. The number of carbonyl (C=O) groups is 1. The Morgan fingerprint density at radius 2 is 0.909 bits per heavy atom. The van der Waals surface area contributed by atoms with Gasteiger partial charge in [-0.05, 0) is 21.5 Å². The normalized spacial score (nSPS) is 10.9. The third kappa shape index (κ3) is 1.99. The molecule has 0 aliphatic heterocycles. The van der Waals surface area contributed by atoms with Crippen molar-refractivity contribution in [3.05, 3.63) is 96.1 Å².